The number of hydrogen-bond acceptors (Lipinski definition) is 7. The van der Waals surface area contributed by atoms with E-state index in [1.807, 2.05) is 38.1 Å². The Labute approximate surface area is 207 Å². The quantitative estimate of drug-likeness (QED) is 0.459. The molecule has 1 aliphatic heterocycles. The van der Waals surface area contributed by atoms with Crippen molar-refractivity contribution < 1.29 is 9.53 Å². The van der Waals surface area contributed by atoms with E-state index < -0.39 is 11.9 Å². The molecule has 1 aliphatic rings. The molecule has 0 N–H and O–H groups in total. The molecule has 2 aromatic carbocycles. The highest BCUT2D eigenvalue weighted by molar-refractivity contribution is 5.85. The molecule has 3 aromatic rings. The summed E-state index contributed by atoms with van der Waals surface area (Å²) < 4.78 is 5.50. The van der Waals surface area contributed by atoms with E-state index in [9.17, 15) is 10.1 Å². The number of piperazine rings is 1. The first-order valence-electron chi connectivity index (χ1n) is 12.3. The molecule has 35 heavy (non-hydrogen) atoms. The Balaban J connectivity index is 1.63. The van der Waals surface area contributed by atoms with Gasteiger partial charge in [-0.25, -0.2) is 9.97 Å². The van der Waals surface area contributed by atoms with E-state index in [-0.39, 0.29) is 5.92 Å². The molecule has 0 bridgehead atoms. The van der Waals surface area contributed by atoms with Crippen molar-refractivity contribution in [3.63, 3.8) is 0 Å². The van der Waals surface area contributed by atoms with Crippen LogP contribution in [0.4, 0.5) is 11.5 Å². The lowest BCUT2D eigenvalue weighted by molar-refractivity contribution is -0.145. The highest BCUT2D eigenvalue weighted by Gasteiger charge is 2.31. The van der Waals surface area contributed by atoms with Crippen molar-refractivity contribution >= 4 is 28.5 Å². The lowest BCUT2D eigenvalue weighted by Crippen LogP contribution is -2.47. The second kappa shape index (κ2) is 10.7. The van der Waals surface area contributed by atoms with Crippen LogP contribution in [0.3, 0.4) is 0 Å². The van der Waals surface area contributed by atoms with E-state index in [2.05, 4.69) is 47.9 Å². The number of rotatable bonds is 7. The zero-order valence-electron chi connectivity index (χ0n) is 21.0. The molecule has 0 amide bonds. The van der Waals surface area contributed by atoms with Gasteiger partial charge in [0.1, 0.15) is 5.69 Å². The fraction of sp³-hybridized carbons (Fsp3) is 0.429. The smallest absolute Gasteiger partial charge is 0.329 e. The first kappa shape index (κ1) is 24.5. The Bertz CT molecular complexity index is 1240. The number of carbonyl (C=O) groups is 1. The number of para-hydroxylation sites is 2. The van der Waals surface area contributed by atoms with Crippen LogP contribution >= 0.6 is 0 Å². The van der Waals surface area contributed by atoms with Crippen LogP contribution in [0.15, 0.2) is 42.5 Å². The Morgan fingerprint density at radius 1 is 1.03 bits per heavy atom. The summed E-state index contributed by atoms with van der Waals surface area (Å²) >= 11 is 0. The largest absolute Gasteiger partial charge is 0.464 e. The number of esters is 1. The number of fused-ring (bicyclic) bond motifs is 1. The van der Waals surface area contributed by atoms with Gasteiger partial charge in [0, 0.05) is 31.9 Å². The van der Waals surface area contributed by atoms with Crippen LogP contribution in [0.5, 0.6) is 0 Å². The first-order valence-corrected chi connectivity index (χ1v) is 12.3. The van der Waals surface area contributed by atoms with Gasteiger partial charge in [-0.05, 0) is 49.1 Å². The van der Waals surface area contributed by atoms with Crippen LogP contribution in [0.25, 0.3) is 11.0 Å². The summed E-state index contributed by atoms with van der Waals surface area (Å²) in [5, 5.41) is 9.97. The Hall–Kier alpha value is -3.66. The number of benzene rings is 2. The predicted octanol–water partition coefficient (Wildman–Crippen LogP) is 4.77. The van der Waals surface area contributed by atoms with E-state index in [0.29, 0.717) is 36.7 Å². The zero-order valence-corrected chi connectivity index (χ0v) is 21.0. The predicted molar refractivity (Wildman–Crippen MR) is 139 cm³/mol. The number of aromatic nitrogens is 2. The van der Waals surface area contributed by atoms with Gasteiger partial charge in [0.15, 0.2) is 11.7 Å². The minimum absolute atomic E-state index is 0.235. The van der Waals surface area contributed by atoms with Gasteiger partial charge in [-0.1, -0.05) is 44.5 Å². The third-order valence-electron chi connectivity index (χ3n) is 6.92. The summed E-state index contributed by atoms with van der Waals surface area (Å²) in [5.41, 5.74) is 5.60. The standard InChI is InChI=1S/C28H33N5O2/c1-5-19(2)18-35-28(34)22(17-29)26-27(31-24-11-7-6-10-23(24)30-26)33-15-13-32(14-16-33)25-12-8-9-20(3)21(25)4/h6-12,19,22H,5,13-16,18H2,1-4H3/t19-,22-/m1/s1. The molecule has 0 spiro atoms. The van der Waals surface area contributed by atoms with Crippen molar-refractivity contribution in [3.05, 3.63) is 59.3 Å². The molecule has 182 valence electrons. The molecule has 2 heterocycles. The molecular formula is C28H33N5O2. The number of anilines is 2. The van der Waals surface area contributed by atoms with Crippen molar-refractivity contribution in [1.82, 2.24) is 9.97 Å². The topological polar surface area (TPSA) is 82.3 Å². The van der Waals surface area contributed by atoms with Gasteiger partial charge in [-0.15, -0.1) is 0 Å². The lowest BCUT2D eigenvalue weighted by atomic mass is 10.0. The second-order valence-electron chi connectivity index (χ2n) is 9.32. The van der Waals surface area contributed by atoms with Crippen LogP contribution in [-0.2, 0) is 9.53 Å². The maximum Gasteiger partial charge on any atom is 0.329 e. The summed E-state index contributed by atoms with van der Waals surface area (Å²) in [4.78, 5) is 27.1. The maximum atomic E-state index is 12.9. The highest BCUT2D eigenvalue weighted by Crippen LogP contribution is 2.30. The normalized spacial score (nSPS) is 15.5. The Kier molecular flexibility index (Phi) is 7.50. The van der Waals surface area contributed by atoms with Crippen LogP contribution < -0.4 is 9.80 Å². The van der Waals surface area contributed by atoms with E-state index >= 15 is 0 Å². The van der Waals surface area contributed by atoms with Crippen LogP contribution in [-0.4, -0.2) is 48.7 Å². The molecule has 0 radical (unpaired) electrons. The van der Waals surface area contributed by atoms with Crippen molar-refractivity contribution in [3.8, 4) is 6.07 Å². The van der Waals surface area contributed by atoms with Crippen molar-refractivity contribution in [2.24, 2.45) is 5.92 Å². The molecular weight excluding hydrogens is 438 g/mol. The number of ether oxygens (including phenoxy) is 1. The SMILES string of the molecule is CC[C@@H](C)COC(=O)[C@H](C#N)c1nc2ccccc2nc1N1CCN(c2cccc(C)c2C)CC1. The van der Waals surface area contributed by atoms with E-state index in [0.717, 1.165) is 25.0 Å². The average molecular weight is 472 g/mol. The maximum absolute atomic E-state index is 12.9. The monoisotopic (exact) mass is 471 g/mol. The van der Waals surface area contributed by atoms with Gasteiger partial charge in [-0.3, -0.25) is 4.79 Å². The molecule has 1 fully saturated rings. The summed E-state index contributed by atoms with van der Waals surface area (Å²) in [6.45, 7) is 11.7. The van der Waals surface area contributed by atoms with Gasteiger partial charge in [0.05, 0.1) is 23.7 Å². The van der Waals surface area contributed by atoms with E-state index in [1.54, 1.807) is 0 Å². The number of nitriles is 1. The van der Waals surface area contributed by atoms with Gasteiger partial charge < -0.3 is 14.5 Å². The van der Waals surface area contributed by atoms with Crippen LogP contribution in [0.1, 0.15) is 43.0 Å². The van der Waals surface area contributed by atoms with Gasteiger partial charge in [-0.2, -0.15) is 5.26 Å². The second-order valence-corrected chi connectivity index (χ2v) is 9.32. The zero-order chi connectivity index (χ0) is 24.9. The minimum atomic E-state index is -1.12. The highest BCUT2D eigenvalue weighted by atomic mass is 16.5. The van der Waals surface area contributed by atoms with Gasteiger partial charge in [0.2, 0.25) is 0 Å². The molecule has 1 saturated heterocycles. The molecule has 1 aromatic heterocycles. The number of nitrogens with zero attached hydrogens (tertiary/aromatic N) is 5. The Morgan fingerprint density at radius 3 is 2.34 bits per heavy atom. The third kappa shape index (κ3) is 5.22. The molecule has 0 aliphatic carbocycles. The fourth-order valence-corrected chi connectivity index (χ4v) is 4.32. The fourth-order valence-electron chi connectivity index (χ4n) is 4.32. The number of carbonyl (C=O) groups excluding carboxylic acids is 1. The first-order chi connectivity index (χ1) is 16.9. The van der Waals surface area contributed by atoms with Crippen LogP contribution in [0.2, 0.25) is 0 Å². The minimum Gasteiger partial charge on any atom is -0.464 e. The summed E-state index contributed by atoms with van der Waals surface area (Å²) in [6.07, 6.45) is 0.899. The van der Waals surface area contributed by atoms with Crippen molar-refractivity contribution in [2.45, 2.75) is 40.0 Å². The van der Waals surface area contributed by atoms with E-state index in [1.165, 1.54) is 16.8 Å². The molecule has 4 rings (SSSR count). The summed E-state index contributed by atoms with van der Waals surface area (Å²) in [5.74, 6) is -0.856. The summed E-state index contributed by atoms with van der Waals surface area (Å²) in [7, 11) is 0. The Morgan fingerprint density at radius 2 is 1.69 bits per heavy atom. The molecule has 0 saturated carbocycles. The van der Waals surface area contributed by atoms with Crippen molar-refractivity contribution in [2.75, 3.05) is 42.6 Å². The van der Waals surface area contributed by atoms with Gasteiger partial charge in [0.25, 0.3) is 0 Å². The molecule has 7 nitrogen and oxygen atoms in total. The lowest BCUT2D eigenvalue weighted by Gasteiger charge is -2.38. The average Bonchev–Trinajstić information content (AvgIpc) is 2.89. The molecule has 7 heteroatoms. The number of aryl methyl sites for hydroxylation is 1. The van der Waals surface area contributed by atoms with E-state index in [4.69, 9.17) is 14.7 Å². The van der Waals surface area contributed by atoms with Crippen LogP contribution in [0, 0.1) is 31.1 Å². The summed E-state index contributed by atoms with van der Waals surface area (Å²) in [6, 6.07) is 16.1. The number of hydrogen-bond donors (Lipinski definition) is 0. The van der Waals surface area contributed by atoms with Crippen molar-refractivity contribution in [1.29, 1.82) is 5.26 Å². The molecule has 2 atom stereocenters. The third-order valence-corrected chi connectivity index (χ3v) is 6.92. The van der Waals surface area contributed by atoms with Gasteiger partial charge >= 0.3 is 5.97 Å². The molecule has 0 unspecified atom stereocenters.